The van der Waals surface area contributed by atoms with Crippen LogP contribution < -0.4 is 5.32 Å². The summed E-state index contributed by atoms with van der Waals surface area (Å²) in [5.74, 6) is 2.43. The van der Waals surface area contributed by atoms with Crippen LogP contribution in [0.3, 0.4) is 0 Å². The third-order valence-electron chi connectivity index (χ3n) is 4.19. The second kappa shape index (κ2) is 4.86. The van der Waals surface area contributed by atoms with Gasteiger partial charge in [-0.1, -0.05) is 15.9 Å². The summed E-state index contributed by atoms with van der Waals surface area (Å²) in [6.07, 6.45) is 0. The lowest BCUT2D eigenvalue weighted by Crippen LogP contribution is -2.36. The lowest BCUT2D eigenvalue weighted by atomic mass is 9.77. The molecule has 3 aromatic rings. The third kappa shape index (κ3) is 1.93. The van der Waals surface area contributed by atoms with E-state index in [1.54, 1.807) is 0 Å². The molecular weight excluding hydrogens is 358 g/mol. The van der Waals surface area contributed by atoms with Crippen LogP contribution in [0.25, 0.3) is 0 Å². The van der Waals surface area contributed by atoms with Gasteiger partial charge in [-0.05, 0) is 56.3 Å². The fraction of sp³-hybridized carbons (Fsp3) is 0.167. The zero-order valence-electron chi connectivity index (χ0n) is 12.6. The van der Waals surface area contributed by atoms with Gasteiger partial charge in [-0.25, -0.2) is 0 Å². The number of benzene rings is 1. The van der Waals surface area contributed by atoms with Gasteiger partial charge < -0.3 is 14.2 Å². The van der Waals surface area contributed by atoms with E-state index in [2.05, 4.69) is 21.2 Å². The Balaban J connectivity index is 2.09. The van der Waals surface area contributed by atoms with Crippen LogP contribution in [-0.4, -0.2) is 5.91 Å². The fourth-order valence-corrected chi connectivity index (χ4v) is 3.52. The van der Waals surface area contributed by atoms with Crippen molar-refractivity contribution in [1.82, 2.24) is 0 Å². The van der Waals surface area contributed by atoms with Crippen LogP contribution in [0.5, 0.6) is 0 Å². The zero-order chi connectivity index (χ0) is 16.2. The molecule has 0 spiro atoms. The molecular formula is C18H14BrNO3. The molecule has 0 radical (unpaired) electrons. The molecule has 0 aliphatic carbocycles. The van der Waals surface area contributed by atoms with Gasteiger partial charge in [0.2, 0.25) is 0 Å². The van der Waals surface area contributed by atoms with E-state index in [9.17, 15) is 4.79 Å². The van der Waals surface area contributed by atoms with Crippen molar-refractivity contribution >= 4 is 27.5 Å². The Morgan fingerprint density at radius 3 is 2.09 bits per heavy atom. The number of furan rings is 2. The number of rotatable bonds is 2. The summed E-state index contributed by atoms with van der Waals surface area (Å²) in [6, 6.07) is 13.1. The Hall–Kier alpha value is -2.27. The van der Waals surface area contributed by atoms with Crippen LogP contribution in [0.15, 0.2) is 55.8 Å². The maximum absolute atomic E-state index is 13.0. The number of anilines is 1. The number of carbonyl (C=O) groups is 1. The first kappa shape index (κ1) is 14.3. The van der Waals surface area contributed by atoms with E-state index in [-0.39, 0.29) is 5.91 Å². The Morgan fingerprint density at radius 2 is 1.57 bits per heavy atom. The third-order valence-corrected chi connectivity index (χ3v) is 4.69. The van der Waals surface area contributed by atoms with E-state index in [0.29, 0.717) is 11.5 Å². The molecule has 1 aliphatic heterocycles. The number of nitrogens with one attached hydrogen (secondary N) is 1. The van der Waals surface area contributed by atoms with Crippen molar-refractivity contribution in [2.45, 2.75) is 19.3 Å². The van der Waals surface area contributed by atoms with Crippen LogP contribution in [0.2, 0.25) is 0 Å². The summed E-state index contributed by atoms with van der Waals surface area (Å²) in [5.41, 5.74) is 0.476. The van der Waals surface area contributed by atoms with Gasteiger partial charge in [-0.15, -0.1) is 0 Å². The van der Waals surface area contributed by atoms with Crippen molar-refractivity contribution in [2.24, 2.45) is 0 Å². The van der Waals surface area contributed by atoms with E-state index in [0.717, 1.165) is 27.2 Å². The Bertz CT molecular complexity index is 882. The molecule has 4 nitrogen and oxygen atoms in total. The highest BCUT2D eigenvalue weighted by Crippen LogP contribution is 2.49. The minimum atomic E-state index is -1.11. The molecule has 0 unspecified atom stereocenters. The van der Waals surface area contributed by atoms with Crippen molar-refractivity contribution in [3.63, 3.8) is 0 Å². The van der Waals surface area contributed by atoms with Gasteiger partial charge in [0.15, 0.2) is 5.41 Å². The van der Waals surface area contributed by atoms with E-state index in [1.807, 2.05) is 56.3 Å². The average molecular weight is 372 g/mol. The molecule has 0 atom stereocenters. The molecule has 23 heavy (non-hydrogen) atoms. The standard InChI is InChI=1S/C18H14BrNO3/c1-10-3-7-15(22-10)18(16-8-4-11(2)23-16)13-9-12(19)5-6-14(13)20-17(18)21/h3-9H,1-2H3,(H,20,21). The van der Waals surface area contributed by atoms with Crippen LogP contribution in [0.4, 0.5) is 5.69 Å². The summed E-state index contributed by atoms with van der Waals surface area (Å²) in [5, 5.41) is 2.95. The van der Waals surface area contributed by atoms with Gasteiger partial charge in [-0.3, -0.25) is 4.79 Å². The monoisotopic (exact) mass is 371 g/mol. The van der Waals surface area contributed by atoms with Gasteiger partial charge in [0.1, 0.15) is 23.0 Å². The number of halogens is 1. The molecule has 0 saturated carbocycles. The average Bonchev–Trinajstić information content (AvgIpc) is 3.18. The van der Waals surface area contributed by atoms with Crippen LogP contribution in [0.1, 0.15) is 28.6 Å². The van der Waals surface area contributed by atoms with Crippen LogP contribution in [-0.2, 0) is 10.2 Å². The minimum Gasteiger partial charge on any atom is -0.464 e. The molecule has 1 amide bonds. The Kier molecular flexibility index (Phi) is 3.03. The van der Waals surface area contributed by atoms with Crippen molar-refractivity contribution in [1.29, 1.82) is 0 Å². The van der Waals surface area contributed by atoms with E-state index >= 15 is 0 Å². The first-order valence-corrected chi connectivity index (χ1v) is 8.06. The van der Waals surface area contributed by atoms with E-state index in [1.165, 1.54) is 0 Å². The summed E-state index contributed by atoms with van der Waals surface area (Å²) < 4.78 is 12.6. The summed E-state index contributed by atoms with van der Waals surface area (Å²) in [6.45, 7) is 3.72. The SMILES string of the molecule is Cc1ccc(C2(c3ccc(C)o3)C(=O)Nc3ccc(Br)cc32)o1. The highest BCUT2D eigenvalue weighted by molar-refractivity contribution is 9.10. The van der Waals surface area contributed by atoms with Crippen molar-refractivity contribution in [2.75, 3.05) is 5.32 Å². The van der Waals surface area contributed by atoms with Crippen molar-refractivity contribution < 1.29 is 13.6 Å². The molecule has 1 aliphatic rings. The maximum Gasteiger partial charge on any atom is 0.250 e. The number of hydrogen-bond acceptors (Lipinski definition) is 3. The van der Waals surface area contributed by atoms with Gasteiger partial charge in [-0.2, -0.15) is 0 Å². The lowest BCUT2D eigenvalue weighted by molar-refractivity contribution is -0.119. The number of carbonyl (C=O) groups excluding carboxylic acids is 1. The number of amides is 1. The fourth-order valence-electron chi connectivity index (χ4n) is 3.16. The van der Waals surface area contributed by atoms with Gasteiger partial charge in [0, 0.05) is 15.7 Å². The first-order chi connectivity index (χ1) is 11.0. The van der Waals surface area contributed by atoms with Gasteiger partial charge in [0.25, 0.3) is 5.91 Å². The smallest absolute Gasteiger partial charge is 0.250 e. The predicted octanol–water partition coefficient (Wildman–Crippen LogP) is 4.54. The molecule has 0 bridgehead atoms. The second-order valence-corrected chi connectivity index (χ2v) is 6.63. The predicted molar refractivity (Wildman–Crippen MR) is 89.5 cm³/mol. The molecule has 2 aromatic heterocycles. The molecule has 0 fully saturated rings. The molecule has 3 heterocycles. The second-order valence-electron chi connectivity index (χ2n) is 5.71. The Morgan fingerprint density at radius 1 is 0.957 bits per heavy atom. The van der Waals surface area contributed by atoms with E-state index < -0.39 is 5.41 Å². The summed E-state index contributed by atoms with van der Waals surface area (Å²) in [4.78, 5) is 13.0. The first-order valence-electron chi connectivity index (χ1n) is 7.27. The zero-order valence-corrected chi connectivity index (χ0v) is 14.2. The number of aryl methyl sites for hydroxylation is 2. The van der Waals surface area contributed by atoms with E-state index in [4.69, 9.17) is 8.83 Å². The van der Waals surface area contributed by atoms with Gasteiger partial charge >= 0.3 is 0 Å². The molecule has 1 N–H and O–H groups in total. The number of hydrogen-bond donors (Lipinski definition) is 1. The van der Waals surface area contributed by atoms with Gasteiger partial charge in [0.05, 0.1) is 0 Å². The lowest BCUT2D eigenvalue weighted by Gasteiger charge is -2.23. The largest absolute Gasteiger partial charge is 0.464 e. The van der Waals surface area contributed by atoms with Crippen LogP contribution in [0, 0.1) is 13.8 Å². The number of fused-ring (bicyclic) bond motifs is 1. The Labute approximate surface area is 141 Å². The van der Waals surface area contributed by atoms with Crippen molar-refractivity contribution in [3.05, 3.63) is 75.5 Å². The normalized spacial score (nSPS) is 15.5. The molecule has 5 heteroatoms. The topological polar surface area (TPSA) is 55.4 Å². The molecule has 1 aromatic carbocycles. The highest BCUT2D eigenvalue weighted by Gasteiger charge is 2.54. The quantitative estimate of drug-likeness (QED) is 0.719. The molecule has 116 valence electrons. The summed E-state index contributed by atoms with van der Waals surface area (Å²) in [7, 11) is 0. The van der Waals surface area contributed by atoms with Crippen molar-refractivity contribution in [3.8, 4) is 0 Å². The maximum atomic E-state index is 13.0. The van der Waals surface area contributed by atoms with Crippen LogP contribution >= 0.6 is 15.9 Å². The highest BCUT2D eigenvalue weighted by atomic mass is 79.9. The molecule has 0 saturated heterocycles. The molecule has 4 rings (SSSR count). The minimum absolute atomic E-state index is 0.172. The summed E-state index contributed by atoms with van der Waals surface area (Å²) >= 11 is 3.49.